The van der Waals surface area contributed by atoms with Crippen molar-refractivity contribution in [2.45, 2.75) is 57.0 Å². The number of aliphatic hydroxyl groups excluding tert-OH is 1. The molecule has 112 valence electrons. The lowest BCUT2D eigenvalue weighted by molar-refractivity contribution is -0.133. The molecule has 1 aliphatic heterocycles. The van der Waals surface area contributed by atoms with Crippen LogP contribution in [0.2, 0.25) is 0 Å². The van der Waals surface area contributed by atoms with E-state index in [-0.39, 0.29) is 12.4 Å². The average Bonchev–Trinajstić information content (AvgIpc) is 2.79. The number of carboxylic acid groups (broad SMARTS) is 1. The van der Waals surface area contributed by atoms with Crippen LogP contribution in [0.15, 0.2) is 5.16 Å². The molecule has 2 heterocycles. The molecule has 7 nitrogen and oxygen atoms in total. The lowest BCUT2D eigenvalue weighted by atomic mass is 10.00. The number of hydrogen-bond donors (Lipinski definition) is 2. The summed E-state index contributed by atoms with van der Waals surface area (Å²) in [6.07, 6.45) is 3.31. The van der Waals surface area contributed by atoms with Gasteiger partial charge in [0, 0.05) is 12.1 Å². The predicted molar refractivity (Wildman–Crippen MR) is 75.3 cm³/mol. The first kappa shape index (κ1) is 15.1. The molecular weight excluding hydrogens is 280 g/mol. The Bertz CT molecular complexity index is 469. The Morgan fingerprint density at radius 3 is 2.55 bits per heavy atom. The van der Waals surface area contributed by atoms with Crippen LogP contribution in [-0.2, 0) is 11.4 Å². The van der Waals surface area contributed by atoms with Crippen molar-refractivity contribution >= 4 is 17.7 Å². The Morgan fingerprint density at radius 1 is 1.35 bits per heavy atom. The molecule has 2 N–H and O–H groups in total. The third kappa shape index (κ3) is 3.06. The predicted octanol–water partition coefficient (Wildman–Crippen LogP) is 0.846. The summed E-state index contributed by atoms with van der Waals surface area (Å²) in [6.45, 7) is 4.04. The van der Waals surface area contributed by atoms with Gasteiger partial charge in [0.05, 0.1) is 5.75 Å². The van der Waals surface area contributed by atoms with Gasteiger partial charge in [-0.1, -0.05) is 11.8 Å². The summed E-state index contributed by atoms with van der Waals surface area (Å²) in [6, 6.07) is 0.619. The van der Waals surface area contributed by atoms with E-state index in [4.69, 9.17) is 5.11 Å². The molecule has 1 aliphatic rings. The smallest absolute Gasteiger partial charge is 0.313 e. The molecule has 0 radical (unpaired) electrons. The fraction of sp³-hybridized carbons (Fsp3) is 0.750. The maximum absolute atomic E-state index is 10.7. The largest absolute Gasteiger partial charge is 0.481 e. The highest BCUT2D eigenvalue weighted by molar-refractivity contribution is 7.99. The number of carbonyl (C=O) groups is 1. The summed E-state index contributed by atoms with van der Waals surface area (Å²) in [5, 5.41) is 28.9. The molecule has 2 atom stereocenters. The first-order valence-electron chi connectivity index (χ1n) is 6.73. The van der Waals surface area contributed by atoms with E-state index in [0.717, 1.165) is 24.6 Å². The minimum absolute atomic E-state index is 0.0693. The summed E-state index contributed by atoms with van der Waals surface area (Å²) in [5.41, 5.74) is 0. The highest BCUT2D eigenvalue weighted by Crippen LogP contribution is 2.26. The minimum Gasteiger partial charge on any atom is -0.481 e. The molecule has 8 heteroatoms. The van der Waals surface area contributed by atoms with E-state index < -0.39 is 5.97 Å². The zero-order chi connectivity index (χ0) is 14.7. The van der Waals surface area contributed by atoms with Gasteiger partial charge in [-0.3, -0.25) is 4.79 Å². The minimum atomic E-state index is -0.894. The van der Waals surface area contributed by atoms with Gasteiger partial charge in [0.25, 0.3) is 0 Å². The molecule has 2 rings (SSSR count). The molecule has 0 aromatic carbocycles. The van der Waals surface area contributed by atoms with Crippen LogP contribution in [0.5, 0.6) is 0 Å². The molecule has 1 saturated heterocycles. The van der Waals surface area contributed by atoms with Crippen molar-refractivity contribution in [2.75, 3.05) is 10.8 Å². The Hall–Kier alpha value is -1.28. The molecule has 1 fully saturated rings. The van der Waals surface area contributed by atoms with Crippen LogP contribution >= 0.6 is 11.8 Å². The normalized spacial score (nSPS) is 23.1. The van der Waals surface area contributed by atoms with Gasteiger partial charge in [0.15, 0.2) is 5.82 Å². The van der Waals surface area contributed by atoms with E-state index in [1.165, 1.54) is 6.42 Å². The summed E-state index contributed by atoms with van der Waals surface area (Å²) >= 11 is 1.13. The molecule has 0 bridgehead atoms. The molecule has 2 unspecified atom stereocenters. The number of carboxylic acids is 1. The maximum Gasteiger partial charge on any atom is 0.313 e. The van der Waals surface area contributed by atoms with Crippen molar-refractivity contribution in [1.29, 1.82) is 0 Å². The van der Waals surface area contributed by atoms with E-state index in [0.29, 0.717) is 23.1 Å². The molecular formula is C12H20N4O3S. The quantitative estimate of drug-likeness (QED) is 0.779. The van der Waals surface area contributed by atoms with Gasteiger partial charge in [0.1, 0.15) is 6.61 Å². The molecule has 1 aromatic heterocycles. The summed E-state index contributed by atoms with van der Waals surface area (Å²) in [7, 11) is 0. The van der Waals surface area contributed by atoms with E-state index >= 15 is 0 Å². The molecule has 0 saturated carbocycles. The first-order chi connectivity index (χ1) is 9.54. The number of aromatic nitrogens is 3. The van der Waals surface area contributed by atoms with Crippen molar-refractivity contribution in [3.63, 3.8) is 0 Å². The standard InChI is InChI=1S/C12H20N4O3S/c1-8-4-3-5-9(2)15(8)16-10(6-17)13-14-12(16)20-7-11(18)19/h8-9,17H,3-7H2,1-2H3,(H,18,19). The Balaban J connectivity index is 2.31. The molecule has 1 aromatic rings. The van der Waals surface area contributed by atoms with Crippen molar-refractivity contribution in [2.24, 2.45) is 0 Å². The summed E-state index contributed by atoms with van der Waals surface area (Å²) in [4.78, 5) is 10.7. The van der Waals surface area contributed by atoms with E-state index in [1.54, 1.807) is 4.68 Å². The second kappa shape index (κ2) is 6.45. The third-order valence-electron chi connectivity index (χ3n) is 3.52. The summed E-state index contributed by atoms with van der Waals surface area (Å²) in [5.74, 6) is -0.506. The van der Waals surface area contributed by atoms with Crippen molar-refractivity contribution in [3.8, 4) is 0 Å². The van der Waals surface area contributed by atoms with Crippen LogP contribution in [0.3, 0.4) is 0 Å². The number of rotatable bonds is 5. The monoisotopic (exact) mass is 300 g/mol. The summed E-state index contributed by atoms with van der Waals surface area (Å²) < 4.78 is 1.79. The van der Waals surface area contributed by atoms with Crippen LogP contribution in [0.1, 0.15) is 38.9 Å². The fourth-order valence-corrected chi connectivity index (χ4v) is 3.32. The number of hydrogen-bond acceptors (Lipinski definition) is 6. The number of aliphatic carboxylic acids is 1. The van der Waals surface area contributed by atoms with Gasteiger partial charge in [-0.15, -0.1) is 10.2 Å². The van der Waals surface area contributed by atoms with Crippen LogP contribution in [0, 0.1) is 0 Å². The van der Waals surface area contributed by atoms with Crippen molar-refractivity contribution in [3.05, 3.63) is 5.82 Å². The Morgan fingerprint density at radius 2 is 2.00 bits per heavy atom. The van der Waals surface area contributed by atoms with Gasteiger partial charge in [-0.05, 0) is 33.1 Å². The highest BCUT2D eigenvalue weighted by atomic mass is 32.2. The van der Waals surface area contributed by atoms with Crippen molar-refractivity contribution in [1.82, 2.24) is 14.9 Å². The SMILES string of the molecule is CC1CCCC(C)N1n1c(CO)nnc1SCC(=O)O. The van der Waals surface area contributed by atoms with Gasteiger partial charge in [0.2, 0.25) is 5.16 Å². The van der Waals surface area contributed by atoms with Crippen LogP contribution in [-0.4, -0.2) is 48.9 Å². The van der Waals surface area contributed by atoms with Gasteiger partial charge >= 0.3 is 5.97 Å². The van der Waals surface area contributed by atoms with Crippen LogP contribution in [0.4, 0.5) is 0 Å². The van der Waals surface area contributed by atoms with E-state index in [1.807, 2.05) is 0 Å². The number of aliphatic hydroxyl groups is 1. The molecule has 20 heavy (non-hydrogen) atoms. The van der Waals surface area contributed by atoms with Gasteiger partial charge in [-0.2, -0.15) is 0 Å². The lowest BCUT2D eigenvalue weighted by Crippen LogP contribution is -2.52. The Kier molecular flexibility index (Phi) is 4.87. The zero-order valence-corrected chi connectivity index (χ0v) is 12.5. The van der Waals surface area contributed by atoms with E-state index in [9.17, 15) is 9.90 Å². The van der Waals surface area contributed by atoms with E-state index in [2.05, 4.69) is 29.1 Å². The van der Waals surface area contributed by atoms with Gasteiger partial charge in [-0.25, -0.2) is 4.68 Å². The highest BCUT2D eigenvalue weighted by Gasteiger charge is 2.29. The number of nitrogens with zero attached hydrogens (tertiary/aromatic N) is 4. The van der Waals surface area contributed by atoms with Gasteiger partial charge < -0.3 is 15.2 Å². The molecule has 0 amide bonds. The second-order valence-electron chi connectivity index (χ2n) is 5.06. The molecule has 0 aliphatic carbocycles. The average molecular weight is 300 g/mol. The number of thioether (sulfide) groups is 1. The van der Waals surface area contributed by atoms with Crippen LogP contribution in [0.25, 0.3) is 0 Å². The third-order valence-corrected chi connectivity index (χ3v) is 4.42. The topological polar surface area (TPSA) is 91.5 Å². The fourth-order valence-electron chi connectivity index (χ4n) is 2.64. The zero-order valence-electron chi connectivity index (χ0n) is 11.7. The first-order valence-corrected chi connectivity index (χ1v) is 7.71. The molecule has 0 spiro atoms. The lowest BCUT2D eigenvalue weighted by Gasteiger charge is -2.41. The second-order valence-corrected chi connectivity index (χ2v) is 6.00. The van der Waals surface area contributed by atoms with Crippen molar-refractivity contribution < 1.29 is 15.0 Å². The maximum atomic E-state index is 10.7. The number of piperidine rings is 1. The Labute approximate surface area is 122 Å². The van der Waals surface area contributed by atoms with Crippen LogP contribution < -0.4 is 5.01 Å².